The van der Waals surface area contributed by atoms with Crippen LogP contribution in [-0.4, -0.2) is 5.91 Å². The van der Waals surface area contributed by atoms with Crippen LogP contribution < -0.4 is 4.31 Å². The van der Waals surface area contributed by atoms with Gasteiger partial charge in [-0.15, -0.1) is 0 Å². The average Bonchev–Trinajstić information content (AvgIpc) is 2.53. The molecule has 0 fully saturated rings. The fraction of sp³-hybridized carbons (Fsp3) is 0. The first-order valence-corrected chi connectivity index (χ1v) is 4.36. The molecule has 0 aromatic heterocycles. The van der Waals surface area contributed by atoms with Crippen molar-refractivity contribution in [3.05, 3.63) is 41.8 Å². The van der Waals surface area contributed by atoms with E-state index in [0.717, 1.165) is 5.69 Å². The number of benzene rings is 1. The molecule has 0 spiro atoms. The summed E-state index contributed by atoms with van der Waals surface area (Å²) in [5.41, 5.74) is 0.897. The van der Waals surface area contributed by atoms with Gasteiger partial charge in [-0.1, -0.05) is 18.2 Å². The van der Waals surface area contributed by atoms with Gasteiger partial charge in [0.25, 0.3) is 0 Å². The highest BCUT2D eigenvalue weighted by atomic mass is 32.2. The van der Waals surface area contributed by atoms with Crippen LogP contribution in [0.1, 0.15) is 0 Å². The van der Waals surface area contributed by atoms with Gasteiger partial charge in [0.15, 0.2) is 0 Å². The van der Waals surface area contributed by atoms with E-state index in [1.54, 1.807) is 9.71 Å². The van der Waals surface area contributed by atoms with Crippen LogP contribution in [0, 0.1) is 6.08 Å². The maximum absolute atomic E-state index is 11.1. The lowest BCUT2D eigenvalue weighted by atomic mass is 10.3. The number of carbonyl (C=O) groups is 1. The number of carbonyl (C=O) groups excluding carboxylic acids is 1. The Bertz CT molecular complexity index is 321. The molecule has 2 rings (SSSR count). The number of anilines is 1. The maximum atomic E-state index is 11.1. The minimum atomic E-state index is -0.0915. The largest absolute Gasteiger partial charge is 0.508 e. The molecule has 12 heavy (non-hydrogen) atoms. The Morgan fingerprint density at radius 1 is 1.25 bits per heavy atom. The van der Waals surface area contributed by atoms with Crippen molar-refractivity contribution in [1.82, 2.24) is 0 Å². The quantitative estimate of drug-likeness (QED) is 0.482. The zero-order chi connectivity index (χ0) is 8.39. The van der Waals surface area contributed by atoms with E-state index >= 15 is 0 Å². The smallest absolute Gasteiger partial charge is 0.205 e. The van der Waals surface area contributed by atoms with Gasteiger partial charge in [-0.3, -0.25) is 0 Å². The van der Waals surface area contributed by atoms with Crippen molar-refractivity contribution < 1.29 is 4.79 Å². The van der Waals surface area contributed by atoms with Crippen LogP contribution >= 0.6 is 11.9 Å². The average molecular weight is 176 g/mol. The maximum Gasteiger partial charge on any atom is 0.508 e. The molecule has 0 unspecified atom stereocenters. The van der Waals surface area contributed by atoms with Crippen LogP contribution in [-0.2, 0) is 4.79 Å². The van der Waals surface area contributed by atoms with Gasteiger partial charge in [0.1, 0.15) is 0 Å². The van der Waals surface area contributed by atoms with Gasteiger partial charge in [0.05, 0.1) is 5.69 Å². The van der Waals surface area contributed by atoms with Gasteiger partial charge < -0.3 is 0 Å². The summed E-state index contributed by atoms with van der Waals surface area (Å²) in [7, 11) is 0. The summed E-state index contributed by atoms with van der Waals surface area (Å²) in [4.78, 5) is 11.1. The first-order valence-electron chi connectivity index (χ1n) is 3.52. The Kier molecular flexibility index (Phi) is 1.82. The lowest BCUT2D eigenvalue weighted by molar-refractivity contribution is -0.113. The predicted molar refractivity (Wildman–Crippen MR) is 49.3 cm³/mol. The normalized spacial score (nSPS) is 15.0. The van der Waals surface area contributed by atoms with Crippen molar-refractivity contribution in [3.63, 3.8) is 0 Å². The molecule has 1 aromatic rings. The minimum Gasteiger partial charge on any atom is -0.205 e. The summed E-state index contributed by atoms with van der Waals surface area (Å²) in [6, 6.07) is 9.52. The van der Waals surface area contributed by atoms with Gasteiger partial charge >= 0.3 is 12.0 Å². The lowest BCUT2D eigenvalue weighted by Gasteiger charge is -2.06. The molecule has 0 saturated heterocycles. The third-order valence-corrected chi connectivity index (χ3v) is 2.33. The molecule has 1 amide bonds. The van der Waals surface area contributed by atoms with E-state index in [0.29, 0.717) is 0 Å². The number of rotatable bonds is 1. The summed E-state index contributed by atoms with van der Waals surface area (Å²) < 4.78 is 1.60. The van der Waals surface area contributed by atoms with Crippen molar-refractivity contribution in [3.8, 4) is 0 Å². The fourth-order valence-electron chi connectivity index (χ4n) is 0.977. The molecular weight excluding hydrogens is 170 g/mol. The standard InChI is InChI=1S/C9H6NOS/c11-9-6-7-12-10(9)8-4-2-1-3-5-8/h1-5,7H/q+1. The molecule has 1 aliphatic heterocycles. The Morgan fingerprint density at radius 2 is 2.00 bits per heavy atom. The van der Waals surface area contributed by atoms with Crippen LogP contribution in [0.5, 0.6) is 0 Å². The topological polar surface area (TPSA) is 20.3 Å². The van der Waals surface area contributed by atoms with Gasteiger partial charge in [0, 0.05) is 11.9 Å². The molecule has 58 valence electrons. The second-order valence-electron chi connectivity index (χ2n) is 2.30. The zero-order valence-electron chi connectivity index (χ0n) is 6.23. The highest BCUT2D eigenvalue weighted by molar-refractivity contribution is 8.04. The zero-order valence-corrected chi connectivity index (χ0v) is 7.04. The number of hydrogen-bond acceptors (Lipinski definition) is 2. The van der Waals surface area contributed by atoms with Gasteiger partial charge in [-0.2, -0.15) is 4.31 Å². The SMILES string of the molecule is O=C1[C+]=CSN1c1ccccc1. The summed E-state index contributed by atoms with van der Waals surface area (Å²) in [5, 5.41) is 1.66. The first kappa shape index (κ1) is 7.35. The number of hydrogen-bond donors (Lipinski definition) is 0. The van der Waals surface area contributed by atoms with Gasteiger partial charge in [-0.05, 0) is 12.1 Å². The van der Waals surface area contributed by atoms with Crippen LogP contribution in [0.4, 0.5) is 5.69 Å². The summed E-state index contributed by atoms with van der Waals surface area (Å²) >= 11 is 1.35. The number of para-hydroxylation sites is 1. The minimum absolute atomic E-state index is 0.0915. The molecule has 0 N–H and O–H groups in total. The van der Waals surface area contributed by atoms with Crippen molar-refractivity contribution in [2.45, 2.75) is 0 Å². The summed E-state index contributed by atoms with van der Waals surface area (Å²) in [5.74, 6) is -0.0915. The van der Waals surface area contributed by atoms with Gasteiger partial charge in [-0.25, -0.2) is 4.79 Å². The highest BCUT2D eigenvalue weighted by Gasteiger charge is 2.31. The van der Waals surface area contributed by atoms with Crippen LogP contribution in [0.3, 0.4) is 0 Å². The molecule has 0 atom stereocenters. The van der Waals surface area contributed by atoms with Crippen molar-refractivity contribution in [2.24, 2.45) is 0 Å². The van der Waals surface area contributed by atoms with E-state index in [9.17, 15) is 4.79 Å². The van der Waals surface area contributed by atoms with E-state index in [-0.39, 0.29) is 5.91 Å². The van der Waals surface area contributed by atoms with E-state index in [4.69, 9.17) is 0 Å². The van der Waals surface area contributed by atoms with Crippen LogP contribution in [0.15, 0.2) is 35.7 Å². The second-order valence-corrected chi connectivity index (χ2v) is 3.11. The molecule has 1 aromatic carbocycles. The predicted octanol–water partition coefficient (Wildman–Crippen LogP) is 2.00. The van der Waals surface area contributed by atoms with E-state index in [1.165, 1.54) is 11.9 Å². The molecule has 0 aliphatic carbocycles. The molecular formula is C9H6NOS+. The van der Waals surface area contributed by atoms with Crippen LogP contribution in [0.25, 0.3) is 0 Å². The molecule has 0 radical (unpaired) electrons. The van der Waals surface area contributed by atoms with Crippen molar-refractivity contribution in [2.75, 3.05) is 4.31 Å². The Balaban J connectivity index is 2.27. The van der Waals surface area contributed by atoms with E-state index in [2.05, 4.69) is 6.08 Å². The third kappa shape index (κ3) is 1.20. The Hall–Kier alpha value is -1.31. The molecule has 1 aliphatic rings. The Labute approximate surface area is 75.0 Å². The lowest BCUT2D eigenvalue weighted by Crippen LogP contribution is -2.16. The Morgan fingerprint density at radius 3 is 2.58 bits per heavy atom. The third-order valence-electron chi connectivity index (χ3n) is 1.52. The fourth-order valence-corrected chi connectivity index (χ4v) is 1.63. The number of nitrogens with zero attached hydrogens (tertiary/aromatic N) is 1. The second kappa shape index (κ2) is 2.97. The van der Waals surface area contributed by atoms with Crippen LogP contribution in [0.2, 0.25) is 0 Å². The summed E-state index contributed by atoms with van der Waals surface area (Å²) in [6.45, 7) is 0. The summed E-state index contributed by atoms with van der Waals surface area (Å²) in [6.07, 6.45) is 2.59. The monoisotopic (exact) mass is 176 g/mol. The highest BCUT2D eigenvalue weighted by Crippen LogP contribution is 2.26. The van der Waals surface area contributed by atoms with E-state index in [1.807, 2.05) is 30.3 Å². The van der Waals surface area contributed by atoms with Gasteiger partial charge in [0.2, 0.25) is 5.41 Å². The number of amides is 1. The first-order chi connectivity index (χ1) is 5.88. The molecule has 1 heterocycles. The molecule has 0 bridgehead atoms. The molecule has 3 heteroatoms. The van der Waals surface area contributed by atoms with Crippen molar-refractivity contribution >= 4 is 23.5 Å². The molecule has 2 nitrogen and oxygen atoms in total. The molecule has 0 saturated carbocycles. The van der Waals surface area contributed by atoms with Crippen molar-refractivity contribution in [1.29, 1.82) is 0 Å². The van der Waals surface area contributed by atoms with E-state index < -0.39 is 0 Å².